The molecule has 2 aromatic rings. The fraction of sp³-hybridized carbons (Fsp3) is 0.350. The van der Waals surface area contributed by atoms with Gasteiger partial charge in [0.05, 0.1) is 22.9 Å². The van der Waals surface area contributed by atoms with E-state index in [1.807, 2.05) is 31.2 Å². The van der Waals surface area contributed by atoms with E-state index in [0.29, 0.717) is 5.56 Å². The highest BCUT2D eigenvalue weighted by Crippen LogP contribution is 2.29. The quantitative estimate of drug-likeness (QED) is 0.547. The SMILES string of the molecule is Cc1ccc([C@@H](C)NC(=O)[C@H](C)N(c2cc([N+](=O)[O-])ccc2C)S(C)(=O)=O)cc1. The van der Waals surface area contributed by atoms with Crippen molar-refractivity contribution in [3.05, 3.63) is 69.3 Å². The Balaban J connectivity index is 2.36. The van der Waals surface area contributed by atoms with E-state index in [4.69, 9.17) is 0 Å². The lowest BCUT2D eigenvalue weighted by Gasteiger charge is -2.30. The molecule has 0 fully saturated rings. The summed E-state index contributed by atoms with van der Waals surface area (Å²) in [5.41, 5.74) is 2.33. The number of benzene rings is 2. The molecule has 2 aromatic carbocycles. The lowest BCUT2D eigenvalue weighted by atomic mass is 10.1. The molecule has 0 aliphatic carbocycles. The van der Waals surface area contributed by atoms with Crippen LogP contribution in [0.5, 0.6) is 0 Å². The molecule has 0 aliphatic rings. The van der Waals surface area contributed by atoms with Crippen LogP contribution in [0.15, 0.2) is 42.5 Å². The average Bonchev–Trinajstić information content (AvgIpc) is 2.62. The van der Waals surface area contributed by atoms with Crippen LogP contribution in [0.4, 0.5) is 11.4 Å². The maximum Gasteiger partial charge on any atom is 0.271 e. The molecule has 0 aromatic heterocycles. The molecule has 0 saturated carbocycles. The van der Waals surface area contributed by atoms with Crippen LogP contribution in [0.1, 0.15) is 36.6 Å². The zero-order chi connectivity index (χ0) is 21.9. The maximum absolute atomic E-state index is 12.8. The standard InChI is InChI=1S/C20H25N3O5S/c1-13-6-9-17(10-7-13)15(3)21-20(24)16(4)22(29(5,27)28)19-12-18(23(25)26)11-8-14(19)2/h6-12,15-16H,1-5H3,(H,21,24)/t15-,16+/m1/s1. The minimum absolute atomic E-state index is 0.104. The summed E-state index contributed by atoms with van der Waals surface area (Å²) in [7, 11) is -3.88. The molecule has 8 nitrogen and oxygen atoms in total. The van der Waals surface area contributed by atoms with Gasteiger partial charge in [-0.15, -0.1) is 0 Å². The fourth-order valence-corrected chi connectivity index (χ4v) is 4.23. The van der Waals surface area contributed by atoms with E-state index >= 15 is 0 Å². The summed E-state index contributed by atoms with van der Waals surface area (Å²) in [4.78, 5) is 23.4. The Kier molecular flexibility index (Phi) is 6.63. The number of hydrogen-bond donors (Lipinski definition) is 1. The summed E-state index contributed by atoms with van der Waals surface area (Å²) >= 11 is 0. The van der Waals surface area contributed by atoms with Crippen LogP contribution >= 0.6 is 0 Å². The number of aryl methyl sites for hydroxylation is 2. The van der Waals surface area contributed by atoms with E-state index in [9.17, 15) is 23.3 Å². The van der Waals surface area contributed by atoms with Gasteiger partial charge in [-0.2, -0.15) is 0 Å². The van der Waals surface area contributed by atoms with E-state index < -0.39 is 26.9 Å². The highest BCUT2D eigenvalue weighted by atomic mass is 32.2. The van der Waals surface area contributed by atoms with Gasteiger partial charge >= 0.3 is 0 Å². The van der Waals surface area contributed by atoms with E-state index in [2.05, 4.69) is 5.32 Å². The van der Waals surface area contributed by atoms with Crippen molar-refractivity contribution >= 4 is 27.3 Å². The van der Waals surface area contributed by atoms with Gasteiger partial charge in [0.25, 0.3) is 5.69 Å². The number of nitro groups is 1. The van der Waals surface area contributed by atoms with Gasteiger partial charge in [0.1, 0.15) is 6.04 Å². The second-order valence-electron chi connectivity index (χ2n) is 7.10. The molecule has 2 atom stereocenters. The molecular formula is C20H25N3O5S. The van der Waals surface area contributed by atoms with Gasteiger partial charge in [-0.1, -0.05) is 35.9 Å². The minimum Gasteiger partial charge on any atom is -0.348 e. The van der Waals surface area contributed by atoms with E-state index in [0.717, 1.165) is 21.7 Å². The number of carbonyl (C=O) groups excluding carboxylic acids is 1. The predicted octanol–water partition coefficient (Wildman–Crippen LogP) is 3.24. The minimum atomic E-state index is -3.88. The first-order chi connectivity index (χ1) is 13.4. The first kappa shape index (κ1) is 22.4. The normalized spacial score (nSPS) is 13.4. The van der Waals surface area contributed by atoms with Gasteiger partial charge in [-0.25, -0.2) is 8.42 Å². The second kappa shape index (κ2) is 8.60. The lowest BCUT2D eigenvalue weighted by molar-refractivity contribution is -0.384. The van der Waals surface area contributed by atoms with Crippen molar-refractivity contribution < 1.29 is 18.1 Å². The van der Waals surface area contributed by atoms with Crippen LogP contribution in [-0.2, 0) is 14.8 Å². The number of amides is 1. The van der Waals surface area contributed by atoms with Crippen LogP contribution in [0.3, 0.4) is 0 Å². The molecule has 0 spiro atoms. The zero-order valence-electron chi connectivity index (χ0n) is 17.0. The molecule has 2 rings (SSSR count). The summed E-state index contributed by atoms with van der Waals surface area (Å²) in [6, 6.07) is 10.1. The Morgan fingerprint density at radius 2 is 1.69 bits per heavy atom. The second-order valence-corrected chi connectivity index (χ2v) is 8.96. The van der Waals surface area contributed by atoms with Crippen LogP contribution in [0, 0.1) is 24.0 Å². The van der Waals surface area contributed by atoms with Crippen molar-refractivity contribution in [3.63, 3.8) is 0 Å². The number of sulfonamides is 1. The Labute approximate surface area is 170 Å². The topological polar surface area (TPSA) is 110 Å². The Bertz CT molecular complexity index is 1020. The monoisotopic (exact) mass is 419 g/mol. The van der Waals surface area contributed by atoms with Crippen molar-refractivity contribution in [2.45, 2.75) is 39.8 Å². The lowest BCUT2D eigenvalue weighted by Crippen LogP contribution is -2.48. The third-order valence-electron chi connectivity index (χ3n) is 4.67. The van der Waals surface area contributed by atoms with E-state index in [1.165, 1.54) is 25.1 Å². The summed E-state index contributed by atoms with van der Waals surface area (Å²) in [6.07, 6.45) is 0.971. The van der Waals surface area contributed by atoms with Gasteiger partial charge in [-0.05, 0) is 38.8 Å². The Hall–Kier alpha value is -2.94. The molecule has 0 radical (unpaired) electrons. The van der Waals surface area contributed by atoms with Gasteiger partial charge in [0.2, 0.25) is 15.9 Å². The molecule has 29 heavy (non-hydrogen) atoms. The Morgan fingerprint density at radius 1 is 1.10 bits per heavy atom. The summed E-state index contributed by atoms with van der Waals surface area (Å²) < 4.78 is 25.9. The molecule has 0 aliphatic heterocycles. The number of anilines is 1. The molecule has 0 saturated heterocycles. The number of hydrogen-bond acceptors (Lipinski definition) is 5. The highest BCUT2D eigenvalue weighted by Gasteiger charge is 2.31. The highest BCUT2D eigenvalue weighted by molar-refractivity contribution is 7.92. The molecule has 156 valence electrons. The number of nitro benzene ring substituents is 1. The summed E-state index contributed by atoms with van der Waals surface area (Å²) in [5, 5.41) is 13.9. The molecule has 0 unspecified atom stereocenters. The van der Waals surface area contributed by atoms with Crippen molar-refractivity contribution in [2.24, 2.45) is 0 Å². The van der Waals surface area contributed by atoms with E-state index in [-0.39, 0.29) is 17.4 Å². The first-order valence-electron chi connectivity index (χ1n) is 9.03. The zero-order valence-corrected chi connectivity index (χ0v) is 17.9. The van der Waals surface area contributed by atoms with Gasteiger partial charge in [-0.3, -0.25) is 19.2 Å². The molecule has 9 heteroatoms. The van der Waals surface area contributed by atoms with Crippen LogP contribution in [0.2, 0.25) is 0 Å². The van der Waals surface area contributed by atoms with Gasteiger partial charge < -0.3 is 5.32 Å². The van der Waals surface area contributed by atoms with Crippen LogP contribution < -0.4 is 9.62 Å². The Morgan fingerprint density at radius 3 is 2.21 bits per heavy atom. The smallest absolute Gasteiger partial charge is 0.271 e. The van der Waals surface area contributed by atoms with E-state index in [1.54, 1.807) is 13.8 Å². The molecule has 0 bridgehead atoms. The molecule has 0 heterocycles. The molecular weight excluding hydrogens is 394 g/mol. The first-order valence-corrected chi connectivity index (χ1v) is 10.9. The van der Waals surface area contributed by atoms with Crippen LogP contribution in [-0.4, -0.2) is 31.5 Å². The third kappa shape index (κ3) is 5.32. The number of rotatable bonds is 7. The number of nitrogens with zero attached hydrogens (tertiary/aromatic N) is 2. The van der Waals surface area contributed by atoms with Crippen LogP contribution in [0.25, 0.3) is 0 Å². The number of carbonyl (C=O) groups is 1. The van der Waals surface area contributed by atoms with Crippen molar-refractivity contribution in [2.75, 3.05) is 10.6 Å². The van der Waals surface area contributed by atoms with Gasteiger partial charge in [0, 0.05) is 12.1 Å². The van der Waals surface area contributed by atoms with Gasteiger partial charge in [0.15, 0.2) is 0 Å². The third-order valence-corrected chi connectivity index (χ3v) is 5.89. The average molecular weight is 420 g/mol. The summed E-state index contributed by atoms with van der Waals surface area (Å²) in [6.45, 7) is 6.85. The molecule has 1 amide bonds. The van der Waals surface area contributed by atoms with Crippen molar-refractivity contribution in [1.82, 2.24) is 5.32 Å². The maximum atomic E-state index is 12.8. The van der Waals surface area contributed by atoms with Crippen molar-refractivity contribution in [1.29, 1.82) is 0 Å². The largest absolute Gasteiger partial charge is 0.348 e. The molecule has 1 N–H and O–H groups in total. The predicted molar refractivity (Wildman–Crippen MR) is 112 cm³/mol. The number of nitrogens with one attached hydrogen (secondary N) is 1. The summed E-state index contributed by atoms with van der Waals surface area (Å²) in [5.74, 6) is -0.505. The number of non-ortho nitro benzene ring substituents is 1. The van der Waals surface area contributed by atoms with Crippen molar-refractivity contribution in [3.8, 4) is 0 Å². The fourth-order valence-electron chi connectivity index (χ4n) is 3.00.